The van der Waals surface area contributed by atoms with Crippen LogP contribution in [0, 0.1) is 0 Å². The lowest BCUT2D eigenvalue weighted by atomic mass is 10.4. The van der Waals surface area contributed by atoms with Gasteiger partial charge in [-0.3, -0.25) is 9.59 Å². The first-order valence-corrected chi connectivity index (χ1v) is 9.72. The summed E-state index contributed by atoms with van der Waals surface area (Å²) in [6, 6.07) is 0. The molecule has 0 radical (unpaired) electrons. The predicted octanol–water partition coefficient (Wildman–Crippen LogP) is 3.86. The van der Waals surface area contributed by atoms with Gasteiger partial charge in [-0.05, 0) is 46.6 Å². The lowest BCUT2D eigenvalue weighted by Crippen LogP contribution is -2.04. The molecule has 0 aliphatic carbocycles. The van der Waals surface area contributed by atoms with E-state index < -0.39 is 8.09 Å². The van der Waals surface area contributed by atoms with E-state index in [1.807, 2.05) is 12.2 Å². The molecule has 2 nitrogen and oxygen atoms in total. The molecule has 0 spiro atoms. The molecule has 0 aromatic heterocycles. The minimum atomic E-state index is -1.35. The van der Waals surface area contributed by atoms with Gasteiger partial charge in [0.1, 0.15) is 0 Å². The van der Waals surface area contributed by atoms with Crippen molar-refractivity contribution in [2.75, 3.05) is 11.5 Å². The molecular formula is C12H16O2S3. The molecule has 17 heavy (non-hydrogen) atoms. The summed E-state index contributed by atoms with van der Waals surface area (Å²) in [5.41, 5.74) is 1.08. The van der Waals surface area contributed by atoms with Crippen LogP contribution in [0.25, 0.3) is 0 Å². The summed E-state index contributed by atoms with van der Waals surface area (Å²) in [6.45, 7) is 10.7. The van der Waals surface area contributed by atoms with Crippen LogP contribution in [-0.4, -0.2) is 21.7 Å². The quantitative estimate of drug-likeness (QED) is 0.447. The average molecular weight is 288 g/mol. The van der Waals surface area contributed by atoms with Crippen molar-refractivity contribution in [3.8, 4) is 0 Å². The molecule has 0 bridgehead atoms. The van der Waals surface area contributed by atoms with E-state index in [9.17, 15) is 9.59 Å². The first-order valence-electron chi connectivity index (χ1n) is 5.08. The highest BCUT2D eigenvalue weighted by Gasteiger charge is 2.33. The molecule has 94 valence electrons. The molecule has 1 heterocycles. The maximum Gasteiger partial charge on any atom is 0.224 e. The number of rotatable bonds is 4. The number of hydrogen-bond donors (Lipinski definition) is 0. The Labute approximate surface area is 111 Å². The smallest absolute Gasteiger partial charge is 0.224 e. The standard InChI is InChI=1S/C12H16O2S3/c1-9(2)11(13)15-17(7-5-6-8-17)16-12(14)10(3)4/h5-6H,1,3,7-8H2,2,4H3. The van der Waals surface area contributed by atoms with Crippen molar-refractivity contribution in [3.63, 3.8) is 0 Å². The van der Waals surface area contributed by atoms with Crippen molar-refractivity contribution >= 4 is 39.9 Å². The molecule has 0 fully saturated rings. The van der Waals surface area contributed by atoms with Gasteiger partial charge < -0.3 is 0 Å². The molecule has 0 amide bonds. The summed E-state index contributed by atoms with van der Waals surface area (Å²) in [5.74, 6) is 1.61. The summed E-state index contributed by atoms with van der Waals surface area (Å²) in [4.78, 5) is 23.5. The van der Waals surface area contributed by atoms with Gasteiger partial charge in [-0.1, -0.05) is 25.3 Å². The third kappa shape index (κ3) is 4.08. The van der Waals surface area contributed by atoms with E-state index >= 15 is 0 Å². The van der Waals surface area contributed by atoms with Gasteiger partial charge in [0.2, 0.25) is 10.2 Å². The Morgan fingerprint density at radius 3 is 1.65 bits per heavy atom. The first kappa shape index (κ1) is 14.7. The topological polar surface area (TPSA) is 34.1 Å². The molecule has 0 aromatic carbocycles. The van der Waals surface area contributed by atoms with Crippen molar-refractivity contribution in [2.24, 2.45) is 0 Å². The lowest BCUT2D eigenvalue weighted by Gasteiger charge is -2.31. The second-order valence-electron chi connectivity index (χ2n) is 3.85. The van der Waals surface area contributed by atoms with Crippen LogP contribution in [0.2, 0.25) is 0 Å². The SMILES string of the molecule is C=C(C)C(=O)SS1(SC(=O)C(=C)C)CC=CC1. The van der Waals surface area contributed by atoms with E-state index in [4.69, 9.17) is 0 Å². The minimum Gasteiger partial charge on any atom is -0.281 e. The Morgan fingerprint density at radius 2 is 1.35 bits per heavy atom. The summed E-state index contributed by atoms with van der Waals surface area (Å²) in [6.07, 6.45) is 4.10. The Hall–Kier alpha value is -0.390. The summed E-state index contributed by atoms with van der Waals surface area (Å²) in [5, 5.41) is -0.0172. The van der Waals surface area contributed by atoms with E-state index in [0.717, 1.165) is 11.5 Å². The molecule has 0 N–H and O–H groups in total. The van der Waals surface area contributed by atoms with E-state index in [2.05, 4.69) is 13.2 Å². The van der Waals surface area contributed by atoms with Gasteiger partial charge in [0.25, 0.3) is 0 Å². The van der Waals surface area contributed by atoms with Gasteiger partial charge in [0, 0.05) is 11.5 Å². The molecule has 1 aliphatic heterocycles. The highest BCUT2D eigenvalue weighted by molar-refractivity contribution is 9.29. The maximum atomic E-state index is 11.8. The van der Waals surface area contributed by atoms with Crippen molar-refractivity contribution in [1.82, 2.24) is 0 Å². The molecule has 0 saturated carbocycles. The van der Waals surface area contributed by atoms with Gasteiger partial charge in [0.05, 0.1) is 0 Å². The summed E-state index contributed by atoms with van der Waals surface area (Å²) < 4.78 is 0. The van der Waals surface area contributed by atoms with Crippen LogP contribution >= 0.6 is 29.7 Å². The monoisotopic (exact) mass is 288 g/mol. The molecule has 1 aliphatic rings. The molecule has 0 atom stereocenters. The predicted molar refractivity (Wildman–Crippen MR) is 81.3 cm³/mol. The van der Waals surface area contributed by atoms with Crippen LogP contribution < -0.4 is 0 Å². The van der Waals surface area contributed by atoms with Crippen LogP contribution in [0.15, 0.2) is 36.5 Å². The van der Waals surface area contributed by atoms with Crippen molar-refractivity contribution < 1.29 is 9.59 Å². The van der Waals surface area contributed by atoms with Crippen molar-refractivity contribution in [1.29, 1.82) is 0 Å². The summed E-state index contributed by atoms with van der Waals surface area (Å²) >= 11 is 0. The van der Waals surface area contributed by atoms with Gasteiger partial charge in [-0.2, -0.15) is 0 Å². The molecule has 0 saturated heterocycles. The zero-order valence-electron chi connectivity index (χ0n) is 10.0. The van der Waals surface area contributed by atoms with Crippen LogP contribution in [0.5, 0.6) is 0 Å². The van der Waals surface area contributed by atoms with Gasteiger partial charge in [-0.15, -0.1) is 8.09 Å². The molecule has 0 unspecified atom stereocenters. The van der Waals surface area contributed by atoms with E-state index in [1.54, 1.807) is 13.8 Å². The van der Waals surface area contributed by atoms with E-state index in [0.29, 0.717) is 11.1 Å². The van der Waals surface area contributed by atoms with Gasteiger partial charge in [0.15, 0.2) is 0 Å². The second kappa shape index (κ2) is 5.98. The lowest BCUT2D eigenvalue weighted by molar-refractivity contribution is -0.108. The summed E-state index contributed by atoms with van der Waals surface area (Å²) in [7, 11) is 1.24. The molecular weight excluding hydrogens is 272 g/mol. The van der Waals surface area contributed by atoms with Crippen LogP contribution in [0.1, 0.15) is 13.8 Å². The highest BCUT2D eigenvalue weighted by Crippen LogP contribution is 2.72. The number of carbonyl (C=O) groups excluding carboxylic acids is 2. The third-order valence-electron chi connectivity index (χ3n) is 2.02. The van der Waals surface area contributed by atoms with Gasteiger partial charge >= 0.3 is 0 Å². The number of carbonyl (C=O) groups is 2. The molecule has 1 rings (SSSR count). The Bertz CT molecular complexity index is 372. The second-order valence-corrected chi connectivity index (χ2v) is 12.5. The van der Waals surface area contributed by atoms with E-state index in [-0.39, 0.29) is 10.2 Å². The third-order valence-corrected chi connectivity index (χ3v) is 10.6. The van der Waals surface area contributed by atoms with Crippen molar-refractivity contribution in [3.05, 3.63) is 36.5 Å². The van der Waals surface area contributed by atoms with Crippen LogP contribution in [0.3, 0.4) is 0 Å². The maximum absolute atomic E-state index is 11.8. The average Bonchev–Trinajstić information content (AvgIpc) is 2.66. The molecule has 5 heteroatoms. The molecule has 0 aromatic rings. The fourth-order valence-electron chi connectivity index (χ4n) is 1.07. The minimum absolute atomic E-state index is 0.00860. The zero-order valence-corrected chi connectivity index (χ0v) is 12.5. The highest BCUT2D eigenvalue weighted by atomic mass is 33.6. The Morgan fingerprint density at radius 1 is 1.00 bits per heavy atom. The Kier molecular flexibility index (Phi) is 5.16. The van der Waals surface area contributed by atoms with Gasteiger partial charge in [-0.25, -0.2) is 0 Å². The van der Waals surface area contributed by atoms with E-state index in [1.165, 1.54) is 21.6 Å². The largest absolute Gasteiger partial charge is 0.281 e. The first-order chi connectivity index (χ1) is 7.86. The Balaban J connectivity index is 2.77. The van der Waals surface area contributed by atoms with Crippen LogP contribution in [-0.2, 0) is 9.59 Å². The van der Waals surface area contributed by atoms with Crippen molar-refractivity contribution in [2.45, 2.75) is 13.8 Å². The fourth-order valence-corrected chi connectivity index (χ4v) is 8.99. The number of hydrogen-bond acceptors (Lipinski definition) is 4. The zero-order chi connectivity index (χ0) is 13.1. The normalized spacial score (nSPS) is 18.7. The van der Waals surface area contributed by atoms with Crippen LogP contribution in [0.4, 0.5) is 0 Å². The fraction of sp³-hybridized carbons (Fsp3) is 0.333.